The highest BCUT2D eigenvalue weighted by atomic mass is 19.1. The van der Waals surface area contributed by atoms with E-state index in [-0.39, 0.29) is 17.5 Å². The number of amides is 1. The van der Waals surface area contributed by atoms with Crippen molar-refractivity contribution < 1.29 is 13.6 Å². The number of nitrogens with zero attached hydrogens (tertiary/aromatic N) is 1. The Kier molecular flexibility index (Phi) is 2.87. The molecule has 3 nitrogen and oxygen atoms in total. The first-order chi connectivity index (χ1) is 7.56. The fourth-order valence-corrected chi connectivity index (χ4v) is 1.83. The molecular weight excluding hydrogens is 214 g/mol. The van der Waals surface area contributed by atoms with Gasteiger partial charge in [0.2, 0.25) is 0 Å². The zero-order chi connectivity index (χ0) is 11.7. The molecule has 0 spiro atoms. The Bertz CT molecular complexity index is 402. The molecule has 16 heavy (non-hydrogen) atoms. The average molecular weight is 226 g/mol. The minimum absolute atomic E-state index is 0.0339. The van der Waals surface area contributed by atoms with Crippen LogP contribution in [0.5, 0.6) is 0 Å². The van der Waals surface area contributed by atoms with Crippen LogP contribution in [-0.4, -0.2) is 29.9 Å². The Labute approximate surface area is 91.8 Å². The minimum Gasteiger partial charge on any atom is -0.337 e. The number of halogens is 2. The Balaban J connectivity index is 2.20. The summed E-state index contributed by atoms with van der Waals surface area (Å²) in [5.74, 6) is -1.86. The number of likely N-dealkylation sites (tertiary alicyclic amines) is 1. The number of hydrogen-bond acceptors (Lipinski definition) is 2. The zero-order valence-electron chi connectivity index (χ0n) is 8.62. The molecule has 1 aliphatic heterocycles. The van der Waals surface area contributed by atoms with E-state index in [4.69, 9.17) is 5.73 Å². The summed E-state index contributed by atoms with van der Waals surface area (Å²) in [4.78, 5) is 13.3. The average Bonchev–Trinajstić information content (AvgIpc) is 2.62. The van der Waals surface area contributed by atoms with Crippen LogP contribution in [0.4, 0.5) is 8.78 Å². The van der Waals surface area contributed by atoms with E-state index in [0.29, 0.717) is 13.1 Å². The van der Waals surface area contributed by atoms with Crippen molar-refractivity contribution in [1.82, 2.24) is 4.90 Å². The van der Waals surface area contributed by atoms with Crippen molar-refractivity contribution in [3.8, 4) is 0 Å². The first kappa shape index (κ1) is 11.0. The predicted octanol–water partition coefficient (Wildman–Crippen LogP) is 1.14. The summed E-state index contributed by atoms with van der Waals surface area (Å²) in [6.07, 6.45) is 0.726. The van der Waals surface area contributed by atoms with Crippen molar-refractivity contribution in [2.45, 2.75) is 12.5 Å². The number of hydrogen-bond donors (Lipinski definition) is 1. The molecule has 0 bridgehead atoms. The van der Waals surface area contributed by atoms with Crippen LogP contribution in [0.15, 0.2) is 18.2 Å². The predicted molar refractivity (Wildman–Crippen MR) is 54.9 cm³/mol. The Morgan fingerprint density at radius 3 is 2.44 bits per heavy atom. The molecule has 5 heteroatoms. The maximum atomic E-state index is 12.9. The number of nitrogens with two attached hydrogens (primary N) is 1. The van der Waals surface area contributed by atoms with Crippen LogP contribution >= 0.6 is 0 Å². The van der Waals surface area contributed by atoms with Crippen molar-refractivity contribution in [3.63, 3.8) is 0 Å². The van der Waals surface area contributed by atoms with E-state index < -0.39 is 11.6 Å². The van der Waals surface area contributed by atoms with Crippen LogP contribution in [0.3, 0.4) is 0 Å². The van der Waals surface area contributed by atoms with Crippen LogP contribution in [0.1, 0.15) is 16.8 Å². The van der Waals surface area contributed by atoms with E-state index in [2.05, 4.69) is 0 Å². The summed E-state index contributed by atoms with van der Waals surface area (Å²) in [6.45, 7) is 0.981. The van der Waals surface area contributed by atoms with Crippen molar-refractivity contribution in [3.05, 3.63) is 35.4 Å². The van der Waals surface area contributed by atoms with Gasteiger partial charge in [-0.15, -0.1) is 0 Å². The van der Waals surface area contributed by atoms with Crippen LogP contribution in [0, 0.1) is 11.6 Å². The zero-order valence-corrected chi connectivity index (χ0v) is 8.62. The maximum absolute atomic E-state index is 12.9. The second-order valence-electron chi connectivity index (χ2n) is 3.96. The van der Waals surface area contributed by atoms with Gasteiger partial charge in [0.15, 0.2) is 0 Å². The molecule has 0 aliphatic carbocycles. The Morgan fingerprint density at radius 1 is 1.31 bits per heavy atom. The van der Waals surface area contributed by atoms with Crippen molar-refractivity contribution in [2.24, 2.45) is 5.73 Å². The van der Waals surface area contributed by atoms with Gasteiger partial charge in [0.1, 0.15) is 11.6 Å². The van der Waals surface area contributed by atoms with E-state index in [1.807, 2.05) is 0 Å². The highest BCUT2D eigenvalue weighted by molar-refractivity contribution is 5.94. The highest BCUT2D eigenvalue weighted by Gasteiger charge is 2.24. The van der Waals surface area contributed by atoms with Gasteiger partial charge in [0.25, 0.3) is 5.91 Å². The molecule has 1 aliphatic rings. The molecule has 1 heterocycles. The Hall–Kier alpha value is -1.49. The first-order valence-corrected chi connectivity index (χ1v) is 5.07. The molecule has 1 aromatic carbocycles. The molecule has 1 amide bonds. The van der Waals surface area contributed by atoms with Crippen LogP contribution in [0.25, 0.3) is 0 Å². The topological polar surface area (TPSA) is 46.3 Å². The summed E-state index contributed by atoms with van der Waals surface area (Å²) in [7, 11) is 0. The second-order valence-corrected chi connectivity index (χ2v) is 3.96. The molecular formula is C11H12F2N2O. The lowest BCUT2D eigenvalue weighted by Crippen LogP contribution is -2.32. The molecule has 1 atom stereocenters. The van der Waals surface area contributed by atoms with E-state index in [0.717, 1.165) is 24.6 Å². The minimum atomic E-state index is -0.744. The SMILES string of the molecule is NC1CCN(C(=O)c2cc(F)cc(F)c2)C1. The van der Waals surface area contributed by atoms with Gasteiger partial charge in [-0.25, -0.2) is 8.78 Å². The van der Waals surface area contributed by atoms with E-state index >= 15 is 0 Å². The molecule has 0 radical (unpaired) electrons. The quantitative estimate of drug-likeness (QED) is 0.780. The van der Waals surface area contributed by atoms with Crippen molar-refractivity contribution in [2.75, 3.05) is 13.1 Å². The van der Waals surface area contributed by atoms with Gasteiger partial charge in [-0.1, -0.05) is 0 Å². The molecule has 86 valence electrons. The van der Waals surface area contributed by atoms with Gasteiger partial charge < -0.3 is 10.6 Å². The normalized spacial score (nSPS) is 20.2. The molecule has 1 aromatic rings. The van der Waals surface area contributed by atoms with E-state index in [9.17, 15) is 13.6 Å². The van der Waals surface area contributed by atoms with Crippen LogP contribution < -0.4 is 5.73 Å². The molecule has 2 N–H and O–H groups in total. The van der Waals surface area contributed by atoms with Gasteiger partial charge in [-0.3, -0.25) is 4.79 Å². The third kappa shape index (κ3) is 2.19. The van der Waals surface area contributed by atoms with Crippen molar-refractivity contribution in [1.29, 1.82) is 0 Å². The van der Waals surface area contributed by atoms with Crippen LogP contribution in [0.2, 0.25) is 0 Å². The number of carbonyl (C=O) groups is 1. The lowest BCUT2D eigenvalue weighted by molar-refractivity contribution is 0.0790. The van der Waals surface area contributed by atoms with Crippen molar-refractivity contribution >= 4 is 5.91 Å². The fraction of sp³-hybridized carbons (Fsp3) is 0.364. The lowest BCUT2D eigenvalue weighted by atomic mass is 10.2. The van der Waals surface area contributed by atoms with Gasteiger partial charge >= 0.3 is 0 Å². The molecule has 0 saturated carbocycles. The van der Waals surface area contributed by atoms with Gasteiger partial charge in [-0.2, -0.15) is 0 Å². The molecule has 0 aromatic heterocycles. The smallest absolute Gasteiger partial charge is 0.254 e. The molecule has 1 saturated heterocycles. The maximum Gasteiger partial charge on any atom is 0.254 e. The Morgan fingerprint density at radius 2 is 1.94 bits per heavy atom. The van der Waals surface area contributed by atoms with Gasteiger partial charge in [0.05, 0.1) is 0 Å². The first-order valence-electron chi connectivity index (χ1n) is 5.07. The third-order valence-electron chi connectivity index (χ3n) is 2.62. The summed E-state index contributed by atoms with van der Waals surface area (Å²) in [6, 6.07) is 2.78. The third-order valence-corrected chi connectivity index (χ3v) is 2.62. The molecule has 2 rings (SSSR count). The molecule has 1 unspecified atom stereocenters. The second kappa shape index (κ2) is 4.17. The van der Waals surface area contributed by atoms with E-state index in [1.165, 1.54) is 4.90 Å². The fourth-order valence-electron chi connectivity index (χ4n) is 1.83. The number of benzene rings is 1. The van der Waals surface area contributed by atoms with Crippen LogP contribution in [-0.2, 0) is 0 Å². The van der Waals surface area contributed by atoms with Gasteiger partial charge in [0, 0.05) is 30.8 Å². The molecule has 1 fully saturated rings. The number of carbonyl (C=O) groups excluding carboxylic acids is 1. The summed E-state index contributed by atoms with van der Waals surface area (Å²) in [5, 5.41) is 0. The lowest BCUT2D eigenvalue weighted by Gasteiger charge is -2.15. The van der Waals surface area contributed by atoms with E-state index in [1.54, 1.807) is 0 Å². The summed E-state index contributed by atoms with van der Waals surface area (Å²) in [5.41, 5.74) is 5.69. The summed E-state index contributed by atoms with van der Waals surface area (Å²) >= 11 is 0. The summed E-state index contributed by atoms with van der Waals surface area (Å²) < 4.78 is 25.8. The van der Waals surface area contributed by atoms with Gasteiger partial charge in [-0.05, 0) is 18.6 Å². The standard InChI is InChI=1S/C11H12F2N2O/c12-8-3-7(4-9(13)5-8)11(16)15-2-1-10(14)6-15/h3-5,10H,1-2,6,14H2. The number of rotatable bonds is 1. The largest absolute Gasteiger partial charge is 0.337 e. The highest BCUT2D eigenvalue weighted by Crippen LogP contribution is 2.14. The monoisotopic (exact) mass is 226 g/mol.